The number of rotatable bonds is 10. The first-order valence-electron chi connectivity index (χ1n) is 7.23. The van der Waals surface area contributed by atoms with Gasteiger partial charge in [0.2, 0.25) is 0 Å². The van der Waals surface area contributed by atoms with Crippen LogP contribution in [0.2, 0.25) is 0 Å². The number of hydrogen-bond acceptors (Lipinski definition) is 5. The van der Waals surface area contributed by atoms with E-state index in [0.29, 0.717) is 6.54 Å². The standard InChI is InChI=1S/C16H27NO4/c1-12(2)21-8-6-7-17-11-14-15(19-4)9-13(18-3)10-16(14)20-5/h9-10,12,17H,6-8,11H2,1-5H3. The summed E-state index contributed by atoms with van der Waals surface area (Å²) in [6.45, 7) is 6.41. The van der Waals surface area contributed by atoms with E-state index in [1.807, 2.05) is 26.0 Å². The zero-order valence-corrected chi connectivity index (χ0v) is 13.7. The van der Waals surface area contributed by atoms with Gasteiger partial charge in [0.05, 0.1) is 33.0 Å². The highest BCUT2D eigenvalue weighted by atomic mass is 16.5. The zero-order chi connectivity index (χ0) is 15.7. The molecule has 21 heavy (non-hydrogen) atoms. The van der Waals surface area contributed by atoms with Gasteiger partial charge in [0, 0.05) is 25.3 Å². The Morgan fingerprint density at radius 2 is 1.62 bits per heavy atom. The first-order chi connectivity index (χ1) is 10.1. The molecule has 0 heterocycles. The van der Waals surface area contributed by atoms with Crippen molar-refractivity contribution in [1.82, 2.24) is 5.32 Å². The van der Waals surface area contributed by atoms with Crippen LogP contribution in [0.25, 0.3) is 0 Å². The van der Waals surface area contributed by atoms with Crippen LogP contribution in [0.15, 0.2) is 12.1 Å². The fourth-order valence-corrected chi connectivity index (χ4v) is 1.98. The Kier molecular flexibility index (Phi) is 7.93. The van der Waals surface area contributed by atoms with Crippen LogP contribution in [0.5, 0.6) is 17.2 Å². The molecule has 1 aromatic rings. The molecule has 5 nitrogen and oxygen atoms in total. The Bertz CT molecular complexity index is 396. The van der Waals surface area contributed by atoms with Crippen molar-refractivity contribution in [3.05, 3.63) is 17.7 Å². The molecule has 0 saturated carbocycles. The van der Waals surface area contributed by atoms with Gasteiger partial charge in [-0.1, -0.05) is 0 Å². The van der Waals surface area contributed by atoms with Gasteiger partial charge in [-0.2, -0.15) is 0 Å². The first kappa shape index (κ1) is 17.6. The average molecular weight is 297 g/mol. The zero-order valence-electron chi connectivity index (χ0n) is 13.7. The highest BCUT2D eigenvalue weighted by Gasteiger charge is 2.12. The van der Waals surface area contributed by atoms with Gasteiger partial charge in [-0.3, -0.25) is 0 Å². The summed E-state index contributed by atoms with van der Waals surface area (Å²) in [7, 11) is 4.92. The number of benzene rings is 1. The van der Waals surface area contributed by atoms with E-state index in [1.54, 1.807) is 21.3 Å². The number of nitrogens with one attached hydrogen (secondary N) is 1. The summed E-state index contributed by atoms with van der Waals surface area (Å²) in [5, 5.41) is 3.38. The second kappa shape index (κ2) is 9.47. The lowest BCUT2D eigenvalue weighted by atomic mass is 10.1. The third-order valence-corrected chi connectivity index (χ3v) is 3.07. The van der Waals surface area contributed by atoms with E-state index < -0.39 is 0 Å². The highest BCUT2D eigenvalue weighted by molar-refractivity contribution is 5.50. The normalized spacial score (nSPS) is 10.8. The molecule has 0 saturated heterocycles. The van der Waals surface area contributed by atoms with Gasteiger partial charge in [0.25, 0.3) is 0 Å². The summed E-state index contributed by atoms with van der Waals surface area (Å²) in [6.07, 6.45) is 1.26. The Morgan fingerprint density at radius 3 is 2.10 bits per heavy atom. The minimum atomic E-state index is 0.284. The molecule has 0 aromatic heterocycles. The van der Waals surface area contributed by atoms with Crippen LogP contribution in [0.1, 0.15) is 25.8 Å². The van der Waals surface area contributed by atoms with Crippen LogP contribution in [-0.2, 0) is 11.3 Å². The lowest BCUT2D eigenvalue weighted by Gasteiger charge is -2.15. The van der Waals surface area contributed by atoms with E-state index in [4.69, 9.17) is 18.9 Å². The predicted molar refractivity (Wildman–Crippen MR) is 83.5 cm³/mol. The number of hydrogen-bond donors (Lipinski definition) is 1. The Labute approximate surface area is 127 Å². The maximum Gasteiger partial charge on any atom is 0.130 e. The van der Waals surface area contributed by atoms with Gasteiger partial charge in [-0.25, -0.2) is 0 Å². The molecule has 0 unspecified atom stereocenters. The SMILES string of the molecule is COc1cc(OC)c(CNCCCOC(C)C)c(OC)c1. The summed E-state index contributed by atoms with van der Waals surface area (Å²) in [6, 6.07) is 3.73. The second-order valence-corrected chi connectivity index (χ2v) is 4.96. The van der Waals surface area contributed by atoms with Crippen molar-refractivity contribution >= 4 is 0 Å². The fraction of sp³-hybridized carbons (Fsp3) is 0.625. The predicted octanol–water partition coefficient (Wildman–Crippen LogP) is 2.62. The van der Waals surface area contributed by atoms with E-state index in [2.05, 4.69) is 5.32 Å². The number of methoxy groups -OCH3 is 3. The molecule has 1 rings (SSSR count). The molecule has 5 heteroatoms. The van der Waals surface area contributed by atoms with Crippen molar-refractivity contribution in [1.29, 1.82) is 0 Å². The molecule has 0 radical (unpaired) electrons. The lowest BCUT2D eigenvalue weighted by molar-refractivity contribution is 0.0770. The van der Waals surface area contributed by atoms with Crippen LogP contribution >= 0.6 is 0 Å². The Hall–Kier alpha value is -1.46. The molecular weight excluding hydrogens is 270 g/mol. The molecule has 0 fully saturated rings. The van der Waals surface area contributed by atoms with Crippen LogP contribution in [0, 0.1) is 0 Å². The molecular formula is C16H27NO4. The molecule has 120 valence electrons. The summed E-state index contributed by atoms with van der Waals surface area (Å²) in [5.41, 5.74) is 0.991. The fourth-order valence-electron chi connectivity index (χ4n) is 1.98. The topological polar surface area (TPSA) is 49.0 Å². The van der Waals surface area contributed by atoms with Crippen LogP contribution < -0.4 is 19.5 Å². The molecule has 0 bridgehead atoms. The second-order valence-electron chi connectivity index (χ2n) is 4.96. The van der Waals surface area contributed by atoms with Crippen molar-refractivity contribution in [2.75, 3.05) is 34.5 Å². The third-order valence-electron chi connectivity index (χ3n) is 3.07. The maximum absolute atomic E-state index is 5.51. The quantitative estimate of drug-likeness (QED) is 0.673. The van der Waals surface area contributed by atoms with Crippen molar-refractivity contribution < 1.29 is 18.9 Å². The molecule has 0 aliphatic rings. The van der Waals surface area contributed by atoms with Crippen molar-refractivity contribution in [3.63, 3.8) is 0 Å². The van der Waals surface area contributed by atoms with Gasteiger partial charge in [-0.15, -0.1) is 0 Å². The van der Waals surface area contributed by atoms with E-state index in [0.717, 1.165) is 42.4 Å². The van der Waals surface area contributed by atoms with Crippen molar-refractivity contribution in [2.24, 2.45) is 0 Å². The van der Waals surface area contributed by atoms with Gasteiger partial charge >= 0.3 is 0 Å². The van der Waals surface area contributed by atoms with Gasteiger partial charge < -0.3 is 24.3 Å². The Balaban J connectivity index is 2.57. The van der Waals surface area contributed by atoms with Crippen LogP contribution in [0.4, 0.5) is 0 Å². The summed E-state index contributed by atoms with van der Waals surface area (Å²) >= 11 is 0. The summed E-state index contributed by atoms with van der Waals surface area (Å²) < 4.78 is 21.6. The molecule has 0 spiro atoms. The van der Waals surface area contributed by atoms with E-state index in [9.17, 15) is 0 Å². The first-order valence-corrected chi connectivity index (χ1v) is 7.23. The van der Waals surface area contributed by atoms with Gasteiger partial charge in [0.15, 0.2) is 0 Å². The van der Waals surface area contributed by atoms with Crippen LogP contribution in [0.3, 0.4) is 0 Å². The Morgan fingerprint density at radius 1 is 1.00 bits per heavy atom. The largest absolute Gasteiger partial charge is 0.496 e. The highest BCUT2D eigenvalue weighted by Crippen LogP contribution is 2.33. The summed E-state index contributed by atoms with van der Waals surface area (Å²) in [4.78, 5) is 0. The van der Waals surface area contributed by atoms with Gasteiger partial charge in [-0.05, 0) is 26.8 Å². The number of ether oxygens (including phenoxy) is 4. The molecule has 0 aliphatic heterocycles. The molecule has 1 N–H and O–H groups in total. The minimum Gasteiger partial charge on any atom is -0.496 e. The maximum atomic E-state index is 5.51. The van der Waals surface area contributed by atoms with Crippen molar-refractivity contribution in [3.8, 4) is 17.2 Å². The molecule has 0 amide bonds. The third kappa shape index (κ3) is 5.81. The van der Waals surface area contributed by atoms with Crippen molar-refractivity contribution in [2.45, 2.75) is 32.9 Å². The van der Waals surface area contributed by atoms with E-state index in [-0.39, 0.29) is 6.10 Å². The van der Waals surface area contributed by atoms with Crippen LogP contribution in [-0.4, -0.2) is 40.6 Å². The smallest absolute Gasteiger partial charge is 0.130 e. The average Bonchev–Trinajstić information content (AvgIpc) is 2.49. The molecule has 1 aromatic carbocycles. The summed E-state index contributed by atoms with van der Waals surface area (Å²) in [5.74, 6) is 2.24. The van der Waals surface area contributed by atoms with E-state index in [1.165, 1.54) is 0 Å². The van der Waals surface area contributed by atoms with E-state index >= 15 is 0 Å². The monoisotopic (exact) mass is 297 g/mol. The lowest BCUT2D eigenvalue weighted by Crippen LogP contribution is -2.18. The van der Waals surface area contributed by atoms with Gasteiger partial charge in [0.1, 0.15) is 17.2 Å². The molecule has 0 atom stereocenters. The minimum absolute atomic E-state index is 0.284. The molecule has 0 aliphatic carbocycles.